The fraction of sp³-hybridized carbons (Fsp3) is 0.421. The Morgan fingerprint density at radius 3 is 2.09 bits per heavy atom. The molecule has 1 aliphatic carbocycles. The van der Waals surface area contributed by atoms with Crippen LogP contribution in [0.2, 0.25) is 0 Å². The van der Waals surface area contributed by atoms with Gasteiger partial charge < -0.3 is 14.9 Å². The number of carbonyl (C=O) groups is 2. The Morgan fingerprint density at radius 2 is 1.72 bits per heavy atom. The van der Waals surface area contributed by atoms with Crippen LogP contribution in [-0.4, -0.2) is 43.3 Å². The van der Waals surface area contributed by atoms with Crippen LogP contribution in [0.5, 0.6) is 0 Å². The van der Waals surface area contributed by atoms with Crippen molar-refractivity contribution < 1.29 is 40.8 Å². The van der Waals surface area contributed by atoms with Gasteiger partial charge in [-0.1, -0.05) is 17.3 Å². The molecule has 32 heavy (non-hydrogen) atoms. The van der Waals surface area contributed by atoms with E-state index in [0.717, 1.165) is 18.4 Å². The number of anilines is 1. The van der Waals surface area contributed by atoms with Crippen molar-refractivity contribution in [2.45, 2.75) is 50.1 Å². The average molecular weight is 477 g/mol. The first kappa shape index (κ1) is 25.2. The summed E-state index contributed by atoms with van der Waals surface area (Å²) in [6.07, 6.45) is -3.47. The molecule has 3 rings (SSSR count). The lowest BCUT2D eigenvalue weighted by Gasteiger charge is -2.16. The molecule has 2 aromatic rings. The van der Waals surface area contributed by atoms with E-state index in [1.165, 1.54) is 0 Å². The number of hydrogen-bond donors (Lipinski definition) is 3. The molecule has 13 heteroatoms. The van der Waals surface area contributed by atoms with Gasteiger partial charge in [-0.25, -0.2) is 13.2 Å². The highest BCUT2D eigenvalue weighted by atomic mass is 32.2. The van der Waals surface area contributed by atoms with Gasteiger partial charge in [-0.05, 0) is 51.3 Å². The summed E-state index contributed by atoms with van der Waals surface area (Å²) in [7, 11) is -3.77. The molecule has 1 saturated carbocycles. The normalized spacial score (nSPS) is 14.7. The number of nitrogens with zero attached hydrogens (tertiary/aromatic N) is 1. The van der Waals surface area contributed by atoms with Crippen molar-refractivity contribution >= 4 is 27.6 Å². The molecule has 1 amide bonds. The maximum absolute atomic E-state index is 12.5. The number of likely N-dealkylation sites (N-methyl/N-ethyl adjacent to an activating group) is 1. The number of carboxylic acid groups (broad SMARTS) is 1. The number of carbonyl (C=O) groups excluding carboxylic acids is 1. The number of hydrogen-bond acceptors (Lipinski definition) is 6. The monoisotopic (exact) mass is 477 g/mol. The van der Waals surface area contributed by atoms with Crippen LogP contribution in [0.15, 0.2) is 33.7 Å². The van der Waals surface area contributed by atoms with Crippen LogP contribution in [0.1, 0.15) is 36.8 Å². The van der Waals surface area contributed by atoms with E-state index in [9.17, 15) is 26.4 Å². The van der Waals surface area contributed by atoms with Crippen molar-refractivity contribution in [1.29, 1.82) is 0 Å². The van der Waals surface area contributed by atoms with E-state index in [4.69, 9.17) is 14.4 Å². The molecule has 1 aromatic carbocycles. The predicted molar refractivity (Wildman–Crippen MR) is 107 cm³/mol. The van der Waals surface area contributed by atoms with Crippen molar-refractivity contribution in [3.8, 4) is 0 Å². The van der Waals surface area contributed by atoms with Crippen LogP contribution < -0.4 is 10.0 Å². The number of nitrogens with one attached hydrogen (secondary N) is 2. The van der Waals surface area contributed by atoms with Gasteiger partial charge in [0.2, 0.25) is 5.91 Å². The minimum atomic E-state index is -5.08. The number of rotatable bonds is 6. The molecule has 3 N–H and O–H groups in total. The summed E-state index contributed by atoms with van der Waals surface area (Å²) in [6.45, 7) is 5.62. The van der Waals surface area contributed by atoms with Crippen molar-refractivity contribution in [2.24, 2.45) is 0 Å². The first-order chi connectivity index (χ1) is 14.7. The van der Waals surface area contributed by atoms with E-state index in [2.05, 4.69) is 15.2 Å². The van der Waals surface area contributed by atoms with Crippen molar-refractivity contribution in [1.82, 2.24) is 10.5 Å². The van der Waals surface area contributed by atoms with Crippen LogP contribution in [-0.2, 0) is 25.0 Å². The molecule has 0 bridgehead atoms. The summed E-state index contributed by atoms with van der Waals surface area (Å²) in [5.74, 6) is -2.48. The lowest BCUT2D eigenvalue weighted by atomic mass is 9.95. The molecule has 0 spiro atoms. The molecule has 0 saturated heterocycles. The fourth-order valence-corrected chi connectivity index (χ4v) is 4.41. The second-order valence-corrected chi connectivity index (χ2v) is 8.70. The number of carboxylic acids is 1. The van der Waals surface area contributed by atoms with Gasteiger partial charge in [0.1, 0.15) is 5.69 Å². The molecular formula is C19H22F3N3O6S. The second-order valence-electron chi connectivity index (χ2n) is 7.08. The van der Waals surface area contributed by atoms with E-state index in [1.807, 2.05) is 6.92 Å². The molecule has 176 valence electrons. The van der Waals surface area contributed by atoms with Gasteiger partial charge in [0.05, 0.1) is 5.41 Å². The predicted octanol–water partition coefficient (Wildman–Crippen LogP) is 2.89. The highest BCUT2D eigenvalue weighted by molar-refractivity contribution is 7.92. The Balaban J connectivity index is 0.000000451. The molecule has 0 radical (unpaired) electrons. The summed E-state index contributed by atoms with van der Waals surface area (Å²) in [6, 6.07) is 6.94. The van der Waals surface area contributed by atoms with E-state index in [0.29, 0.717) is 17.9 Å². The van der Waals surface area contributed by atoms with Crippen molar-refractivity contribution in [2.75, 3.05) is 11.3 Å². The van der Waals surface area contributed by atoms with Gasteiger partial charge in [0.15, 0.2) is 10.7 Å². The van der Waals surface area contributed by atoms with Gasteiger partial charge >= 0.3 is 12.1 Å². The summed E-state index contributed by atoms with van der Waals surface area (Å²) in [5.41, 5.74) is 1.18. The van der Waals surface area contributed by atoms with Gasteiger partial charge in [-0.2, -0.15) is 13.2 Å². The fourth-order valence-electron chi connectivity index (χ4n) is 3.02. The first-order valence-electron chi connectivity index (χ1n) is 9.39. The number of alkyl halides is 3. The van der Waals surface area contributed by atoms with Crippen molar-refractivity contribution in [3.63, 3.8) is 0 Å². The topological polar surface area (TPSA) is 139 Å². The molecule has 0 unspecified atom stereocenters. The number of aryl methyl sites for hydroxylation is 2. The zero-order chi connectivity index (χ0) is 24.3. The SMILES string of the molecule is CCNC(=O)C1(c2ccc(NS(=O)(=O)c3c(C)noc3C)cc2)CC1.O=C(O)C(F)(F)F. The third-order valence-electron chi connectivity index (χ3n) is 4.69. The first-order valence-corrected chi connectivity index (χ1v) is 10.9. The standard InChI is InChI=1S/C17H21N3O4S.C2HF3O2/c1-4-18-16(21)17(9-10-17)13-5-7-14(8-6-13)20-25(22,23)15-11(2)19-24-12(15)3;3-2(4,5)1(6)7/h5-8,20H,4,9-10H2,1-3H3,(H,18,21);(H,6,7). The number of benzene rings is 1. The van der Waals surface area contributed by atoms with Crippen LogP contribution >= 0.6 is 0 Å². The molecule has 1 aliphatic rings. The lowest BCUT2D eigenvalue weighted by molar-refractivity contribution is -0.192. The Morgan fingerprint density at radius 1 is 1.19 bits per heavy atom. The third kappa shape index (κ3) is 5.58. The molecule has 0 atom stereocenters. The maximum atomic E-state index is 12.5. The van der Waals surface area contributed by atoms with E-state index in [1.54, 1.807) is 38.1 Å². The quantitative estimate of drug-likeness (QED) is 0.581. The van der Waals surface area contributed by atoms with E-state index in [-0.39, 0.29) is 16.6 Å². The summed E-state index contributed by atoms with van der Waals surface area (Å²) < 4.78 is 64.2. The highest BCUT2D eigenvalue weighted by Gasteiger charge is 2.50. The zero-order valence-electron chi connectivity index (χ0n) is 17.4. The number of aromatic nitrogens is 1. The lowest BCUT2D eigenvalue weighted by Crippen LogP contribution is -2.34. The molecule has 1 heterocycles. The van der Waals surface area contributed by atoms with Gasteiger partial charge in [-0.15, -0.1) is 0 Å². The number of aliphatic carboxylic acids is 1. The Bertz CT molecular complexity index is 1070. The minimum Gasteiger partial charge on any atom is -0.475 e. The van der Waals surface area contributed by atoms with Crippen LogP contribution in [0.3, 0.4) is 0 Å². The van der Waals surface area contributed by atoms with Gasteiger partial charge in [0.25, 0.3) is 10.0 Å². The van der Waals surface area contributed by atoms with E-state index >= 15 is 0 Å². The molecule has 1 aromatic heterocycles. The van der Waals surface area contributed by atoms with Crippen LogP contribution in [0.25, 0.3) is 0 Å². The Labute approximate surface area is 182 Å². The summed E-state index contributed by atoms with van der Waals surface area (Å²) >= 11 is 0. The molecule has 9 nitrogen and oxygen atoms in total. The van der Waals surface area contributed by atoms with Gasteiger partial charge in [-0.3, -0.25) is 9.52 Å². The average Bonchev–Trinajstić information content (AvgIpc) is 3.41. The molecular weight excluding hydrogens is 455 g/mol. The molecule has 0 aliphatic heterocycles. The minimum absolute atomic E-state index is 0.0269. The summed E-state index contributed by atoms with van der Waals surface area (Å²) in [5, 5.41) is 13.7. The zero-order valence-corrected chi connectivity index (χ0v) is 18.2. The number of sulfonamides is 1. The van der Waals surface area contributed by atoms with Crippen molar-refractivity contribution in [3.05, 3.63) is 41.3 Å². The number of amides is 1. The van der Waals surface area contributed by atoms with Gasteiger partial charge in [0, 0.05) is 12.2 Å². The summed E-state index contributed by atoms with van der Waals surface area (Å²) in [4.78, 5) is 21.2. The second kappa shape index (κ2) is 9.18. The van der Waals surface area contributed by atoms with Crippen LogP contribution in [0.4, 0.5) is 18.9 Å². The number of halogens is 3. The Kier molecular flexibility index (Phi) is 7.23. The Hall–Kier alpha value is -3.09. The largest absolute Gasteiger partial charge is 0.490 e. The third-order valence-corrected chi connectivity index (χ3v) is 6.32. The maximum Gasteiger partial charge on any atom is 0.490 e. The van der Waals surface area contributed by atoms with Crippen LogP contribution in [0, 0.1) is 13.8 Å². The smallest absolute Gasteiger partial charge is 0.475 e. The molecule has 1 fully saturated rings. The van der Waals surface area contributed by atoms with E-state index < -0.39 is 27.6 Å². The highest BCUT2D eigenvalue weighted by Crippen LogP contribution is 2.48.